The van der Waals surface area contributed by atoms with Crippen LogP contribution in [0, 0.1) is 5.82 Å². The van der Waals surface area contributed by atoms with E-state index in [0.717, 1.165) is 30.3 Å². The van der Waals surface area contributed by atoms with E-state index in [4.69, 9.17) is 4.74 Å². The Morgan fingerprint density at radius 1 is 1.09 bits per heavy atom. The van der Waals surface area contributed by atoms with Crippen molar-refractivity contribution in [2.75, 3.05) is 6.61 Å². The highest BCUT2D eigenvalue weighted by molar-refractivity contribution is 5.91. The quantitative estimate of drug-likeness (QED) is 0.607. The van der Waals surface area contributed by atoms with E-state index >= 15 is 0 Å². The molecule has 2 aromatic rings. The fourth-order valence-electron chi connectivity index (χ4n) is 1.93. The smallest absolute Gasteiger partial charge is 0.416 e. The van der Waals surface area contributed by atoms with Crippen molar-refractivity contribution in [3.63, 3.8) is 0 Å². The van der Waals surface area contributed by atoms with E-state index in [1.54, 1.807) is 6.92 Å². The van der Waals surface area contributed by atoms with Crippen molar-refractivity contribution in [3.05, 3.63) is 59.4 Å². The molecule has 0 aliphatic heterocycles. The van der Waals surface area contributed by atoms with Gasteiger partial charge in [-0.3, -0.25) is 0 Å². The maximum Gasteiger partial charge on any atom is 0.416 e. The standard InChI is InChI=1S/C16H12F4O2/c1-2-22-15(21)11-5-8-14(17)13(9-11)10-3-6-12(7-4-10)16(18,19)20/h3-9H,2H2,1H3. The predicted octanol–water partition coefficient (Wildman–Crippen LogP) is 4.69. The van der Waals surface area contributed by atoms with Crippen molar-refractivity contribution in [1.82, 2.24) is 0 Å². The van der Waals surface area contributed by atoms with Crippen molar-refractivity contribution in [2.45, 2.75) is 13.1 Å². The van der Waals surface area contributed by atoms with Crippen LogP contribution in [-0.4, -0.2) is 12.6 Å². The molecule has 2 nitrogen and oxygen atoms in total. The minimum Gasteiger partial charge on any atom is -0.462 e. The van der Waals surface area contributed by atoms with Gasteiger partial charge in [-0.05, 0) is 42.8 Å². The first-order chi connectivity index (χ1) is 10.3. The first kappa shape index (κ1) is 16.0. The zero-order chi connectivity index (χ0) is 16.3. The molecule has 0 unspecified atom stereocenters. The summed E-state index contributed by atoms with van der Waals surface area (Å²) in [4.78, 5) is 11.6. The summed E-state index contributed by atoms with van der Waals surface area (Å²) in [6.07, 6.45) is -4.45. The Labute approximate surface area is 124 Å². The average Bonchev–Trinajstić information content (AvgIpc) is 2.47. The Morgan fingerprint density at radius 2 is 1.73 bits per heavy atom. The molecule has 0 aliphatic rings. The van der Waals surface area contributed by atoms with E-state index in [9.17, 15) is 22.4 Å². The molecule has 2 aromatic carbocycles. The number of alkyl halides is 3. The van der Waals surface area contributed by atoms with Crippen LogP contribution in [0.1, 0.15) is 22.8 Å². The Kier molecular flexibility index (Phi) is 4.49. The van der Waals surface area contributed by atoms with Gasteiger partial charge in [-0.1, -0.05) is 12.1 Å². The normalized spacial score (nSPS) is 11.3. The third-order valence-electron chi connectivity index (χ3n) is 3.00. The zero-order valence-corrected chi connectivity index (χ0v) is 11.6. The summed E-state index contributed by atoms with van der Waals surface area (Å²) in [5, 5.41) is 0. The number of rotatable bonds is 3. The second-order valence-corrected chi connectivity index (χ2v) is 4.49. The minimum atomic E-state index is -4.45. The summed E-state index contributed by atoms with van der Waals surface area (Å²) in [6, 6.07) is 7.67. The van der Waals surface area contributed by atoms with Gasteiger partial charge in [0, 0.05) is 5.56 Å². The molecule has 0 bridgehead atoms. The number of carbonyl (C=O) groups is 1. The van der Waals surface area contributed by atoms with Crippen LogP contribution in [0.5, 0.6) is 0 Å². The third kappa shape index (κ3) is 3.44. The number of ether oxygens (including phenoxy) is 1. The van der Waals surface area contributed by atoms with Gasteiger partial charge in [0.05, 0.1) is 17.7 Å². The van der Waals surface area contributed by atoms with Gasteiger partial charge < -0.3 is 4.74 Å². The maximum absolute atomic E-state index is 13.9. The van der Waals surface area contributed by atoms with Gasteiger partial charge in [0.25, 0.3) is 0 Å². The molecule has 0 radical (unpaired) electrons. The van der Waals surface area contributed by atoms with Gasteiger partial charge in [0.15, 0.2) is 0 Å². The molecule has 0 heterocycles. The molecule has 116 valence electrons. The number of halogens is 4. The molecule has 0 aliphatic carbocycles. The van der Waals surface area contributed by atoms with Gasteiger partial charge in [0.1, 0.15) is 5.82 Å². The molecule has 0 aromatic heterocycles. The molecule has 0 saturated heterocycles. The summed E-state index contributed by atoms with van der Waals surface area (Å²) in [5.74, 6) is -1.25. The molecule has 0 N–H and O–H groups in total. The van der Waals surface area contributed by atoms with Crippen LogP contribution in [0.25, 0.3) is 11.1 Å². The highest BCUT2D eigenvalue weighted by Gasteiger charge is 2.30. The fraction of sp³-hybridized carbons (Fsp3) is 0.188. The minimum absolute atomic E-state index is 0.0410. The lowest BCUT2D eigenvalue weighted by molar-refractivity contribution is -0.137. The highest BCUT2D eigenvalue weighted by Crippen LogP contribution is 2.31. The van der Waals surface area contributed by atoms with Gasteiger partial charge in [-0.25, -0.2) is 9.18 Å². The lowest BCUT2D eigenvalue weighted by atomic mass is 10.0. The van der Waals surface area contributed by atoms with Gasteiger partial charge in [-0.2, -0.15) is 13.2 Å². The van der Waals surface area contributed by atoms with Crippen LogP contribution in [0.2, 0.25) is 0 Å². The Bertz CT molecular complexity index is 676. The molecular formula is C16H12F4O2. The lowest BCUT2D eigenvalue weighted by Gasteiger charge is -2.09. The molecule has 0 atom stereocenters. The number of benzene rings is 2. The zero-order valence-electron chi connectivity index (χ0n) is 11.6. The van der Waals surface area contributed by atoms with Crippen molar-refractivity contribution in [1.29, 1.82) is 0 Å². The van der Waals surface area contributed by atoms with Crippen molar-refractivity contribution in [3.8, 4) is 11.1 Å². The number of esters is 1. The van der Waals surface area contributed by atoms with E-state index in [1.165, 1.54) is 12.1 Å². The van der Waals surface area contributed by atoms with Crippen LogP contribution in [-0.2, 0) is 10.9 Å². The van der Waals surface area contributed by atoms with Crippen LogP contribution in [0.15, 0.2) is 42.5 Å². The predicted molar refractivity (Wildman–Crippen MR) is 72.8 cm³/mol. The molecule has 2 rings (SSSR count). The lowest BCUT2D eigenvalue weighted by Crippen LogP contribution is -2.05. The monoisotopic (exact) mass is 312 g/mol. The second kappa shape index (κ2) is 6.17. The highest BCUT2D eigenvalue weighted by atomic mass is 19.4. The average molecular weight is 312 g/mol. The van der Waals surface area contributed by atoms with Crippen LogP contribution in [0.3, 0.4) is 0 Å². The van der Waals surface area contributed by atoms with Gasteiger partial charge in [-0.15, -0.1) is 0 Å². The van der Waals surface area contributed by atoms with E-state index in [2.05, 4.69) is 0 Å². The summed E-state index contributed by atoms with van der Waals surface area (Å²) in [7, 11) is 0. The summed E-state index contributed by atoms with van der Waals surface area (Å²) >= 11 is 0. The summed E-state index contributed by atoms with van der Waals surface area (Å²) < 4.78 is 56.2. The van der Waals surface area contributed by atoms with E-state index < -0.39 is 23.5 Å². The second-order valence-electron chi connectivity index (χ2n) is 4.49. The van der Waals surface area contributed by atoms with E-state index in [-0.39, 0.29) is 23.3 Å². The SMILES string of the molecule is CCOC(=O)c1ccc(F)c(-c2ccc(C(F)(F)F)cc2)c1. The molecule has 22 heavy (non-hydrogen) atoms. The molecule has 0 amide bonds. The summed E-state index contributed by atoms with van der Waals surface area (Å²) in [5.41, 5.74) is -0.396. The first-order valence-corrected chi connectivity index (χ1v) is 6.47. The van der Waals surface area contributed by atoms with Crippen molar-refractivity contribution in [2.24, 2.45) is 0 Å². The van der Waals surface area contributed by atoms with Crippen LogP contribution in [0.4, 0.5) is 17.6 Å². The van der Waals surface area contributed by atoms with E-state index in [0.29, 0.717) is 0 Å². The summed E-state index contributed by atoms with van der Waals surface area (Å²) in [6.45, 7) is 1.81. The molecule has 0 saturated carbocycles. The van der Waals surface area contributed by atoms with Crippen LogP contribution >= 0.6 is 0 Å². The maximum atomic E-state index is 13.9. The molecular weight excluding hydrogens is 300 g/mol. The Morgan fingerprint density at radius 3 is 2.27 bits per heavy atom. The first-order valence-electron chi connectivity index (χ1n) is 6.47. The van der Waals surface area contributed by atoms with Crippen molar-refractivity contribution >= 4 is 5.97 Å². The van der Waals surface area contributed by atoms with Gasteiger partial charge in [0.2, 0.25) is 0 Å². The number of hydrogen-bond donors (Lipinski definition) is 0. The largest absolute Gasteiger partial charge is 0.462 e. The number of hydrogen-bond acceptors (Lipinski definition) is 2. The molecule has 0 fully saturated rings. The fourth-order valence-corrected chi connectivity index (χ4v) is 1.93. The van der Waals surface area contributed by atoms with Gasteiger partial charge >= 0.3 is 12.1 Å². The van der Waals surface area contributed by atoms with Crippen molar-refractivity contribution < 1.29 is 27.1 Å². The van der Waals surface area contributed by atoms with Crippen LogP contribution < -0.4 is 0 Å². The third-order valence-corrected chi connectivity index (χ3v) is 3.00. The Balaban J connectivity index is 2.39. The topological polar surface area (TPSA) is 26.3 Å². The number of carbonyl (C=O) groups excluding carboxylic acids is 1. The Hall–Kier alpha value is -2.37. The molecule has 0 spiro atoms. The van der Waals surface area contributed by atoms with E-state index in [1.807, 2.05) is 0 Å². The molecule has 6 heteroatoms.